The molecule has 0 bridgehead atoms. The van der Waals surface area contributed by atoms with Gasteiger partial charge in [-0.15, -0.1) is 12.6 Å². The molecule has 9 heavy (non-hydrogen) atoms. The van der Waals surface area contributed by atoms with Gasteiger partial charge >= 0.3 is 0 Å². The predicted molar refractivity (Wildman–Crippen MR) is 45.7 cm³/mol. The van der Waals surface area contributed by atoms with Crippen LogP contribution in [0.4, 0.5) is 0 Å². The minimum absolute atomic E-state index is 0.615. The Morgan fingerprint density at radius 1 is 1.44 bits per heavy atom. The fourth-order valence-electron chi connectivity index (χ4n) is 0.732. The van der Waals surface area contributed by atoms with Crippen LogP contribution in [0, 0.1) is 0 Å². The number of thiol groups is 1. The number of rotatable bonds is 1. The van der Waals surface area contributed by atoms with Crippen LogP contribution in [-0.2, 0) is 0 Å². The van der Waals surface area contributed by atoms with E-state index < -0.39 is 0 Å². The molecule has 0 fully saturated rings. The maximum absolute atomic E-state index is 4.30. The van der Waals surface area contributed by atoms with E-state index in [1.807, 2.05) is 0 Å². The van der Waals surface area contributed by atoms with Gasteiger partial charge in [-0.05, 0) is 16.9 Å². The Bertz CT molecular complexity index is 189. The molecule has 1 aromatic heterocycles. The van der Waals surface area contributed by atoms with E-state index in [4.69, 9.17) is 0 Å². The summed E-state index contributed by atoms with van der Waals surface area (Å²) in [5.74, 6) is 0.615. The fourth-order valence-corrected chi connectivity index (χ4v) is 2.20. The van der Waals surface area contributed by atoms with Crippen LogP contribution in [0.1, 0.15) is 25.3 Å². The van der Waals surface area contributed by atoms with Crippen LogP contribution >= 0.6 is 24.0 Å². The van der Waals surface area contributed by atoms with Gasteiger partial charge in [-0.25, -0.2) is 0 Å². The van der Waals surface area contributed by atoms with Gasteiger partial charge in [-0.3, -0.25) is 0 Å². The van der Waals surface area contributed by atoms with Crippen molar-refractivity contribution in [3.8, 4) is 0 Å². The first-order valence-electron chi connectivity index (χ1n) is 2.97. The Balaban J connectivity index is 2.94. The van der Waals surface area contributed by atoms with Gasteiger partial charge in [-0.2, -0.15) is 11.3 Å². The lowest BCUT2D eigenvalue weighted by molar-refractivity contribution is 0.851. The molecule has 0 saturated heterocycles. The first kappa shape index (κ1) is 7.16. The third-order valence-corrected chi connectivity index (χ3v) is 2.62. The predicted octanol–water partition coefficient (Wildman–Crippen LogP) is 3.16. The molecule has 0 aliphatic carbocycles. The summed E-state index contributed by atoms with van der Waals surface area (Å²) in [5.41, 5.74) is 1.36. The maximum Gasteiger partial charge on any atom is 0.0182 e. The van der Waals surface area contributed by atoms with Gasteiger partial charge in [0.25, 0.3) is 0 Å². The molecule has 0 saturated carbocycles. The molecule has 1 rings (SSSR count). The monoisotopic (exact) mass is 158 g/mol. The van der Waals surface area contributed by atoms with E-state index in [9.17, 15) is 0 Å². The summed E-state index contributed by atoms with van der Waals surface area (Å²) >= 11 is 6.02. The smallest absolute Gasteiger partial charge is 0.0182 e. The van der Waals surface area contributed by atoms with E-state index in [0.717, 1.165) is 4.90 Å². The van der Waals surface area contributed by atoms with Gasteiger partial charge in [-0.1, -0.05) is 13.8 Å². The third kappa shape index (κ3) is 1.49. The Hall–Kier alpha value is 0.0500. The van der Waals surface area contributed by atoms with Gasteiger partial charge < -0.3 is 0 Å². The summed E-state index contributed by atoms with van der Waals surface area (Å²) in [6.45, 7) is 4.36. The minimum atomic E-state index is 0.615. The first-order valence-corrected chi connectivity index (χ1v) is 4.36. The van der Waals surface area contributed by atoms with Crippen LogP contribution in [0.2, 0.25) is 0 Å². The van der Waals surface area contributed by atoms with Gasteiger partial charge in [0.15, 0.2) is 0 Å². The highest BCUT2D eigenvalue weighted by molar-refractivity contribution is 7.80. The Kier molecular flexibility index (Phi) is 2.19. The van der Waals surface area contributed by atoms with Crippen molar-refractivity contribution in [2.45, 2.75) is 24.7 Å². The summed E-state index contributed by atoms with van der Waals surface area (Å²) < 4.78 is 0. The molecule has 0 amide bonds. The maximum atomic E-state index is 4.30. The number of hydrogen-bond donors (Lipinski definition) is 1. The van der Waals surface area contributed by atoms with E-state index in [0.29, 0.717) is 5.92 Å². The lowest BCUT2D eigenvalue weighted by atomic mass is 10.1. The second kappa shape index (κ2) is 2.76. The summed E-state index contributed by atoms with van der Waals surface area (Å²) in [5, 5.41) is 4.23. The molecule has 50 valence electrons. The Labute approximate surface area is 65.3 Å². The van der Waals surface area contributed by atoms with Crippen molar-refractivity contribution in [2.24, 2.45) is 0 Å². The van der Waals surface area contributed by atoms with Crippen LogP contribution in [-0.4, -0.2) is 0 Å². The molecule has 0 radical (unpaired) electrons. The standard InChI is InChI=1S/C7H10S2/c1-5(2)6-3-9-4-7(6)8/h3-5,8H,1-2H3. The average Bonchev–Trinajstić information content (AvgIpc) is 2.13. The van der Waals surface area contributed by atoms with Crippen LogP contribution in [0.15, 0.2) is 15.7 Å². The molecule has 1 heterocycles. The largest absolute Gasteiger partial charge is 0.151 e. The quantitative estimate of drug-likeness (QED) is 0.596. The zero-order chi connectivity index (χ0) is 6.85. The lowest BCUT2D eigenvalue weighted by Gasteiger charge is -2.00. The Morgan fingerprint density at radius 2 is 2.11 bits per heavy atom. The van der Waals surface area contributed by atoms with Crippen molar-refractivity contribution in [3.05, 3.63) is 16.3 Å². The molecule has 0 N–H and O–H groups in total. The lowest BCUT2D eigenvalue weighted by Crippen LogP contribution is -1.82. The normalized spacial score (nSPS) is 10.7. The van der Waals surface area contributed by atoms with Gasteiger partial charge in [0.1, 0.15) is 0 Å². The highest BCUT2D eigenvalue weighted by atomic mass is 32.1. The molecule has 0 unspecified atom stereocenters. The first-order chi connectivity index (χ1) is 4.22. The van der Waals surface area contributed by atoms with Crippen molar-refractivity contribution >= 4 is 24.0 Å². The zero-order valence-corrected chi connectivity index (χ0v) is 7.30. The van der Waals surface area contributed by atoms with Crippen LogP contribution < -0.4 is 0 Å². The second-order valence-corrected chi connectivity index (χ2v) is 3.59. The van der Waals surface area contributed by atoms with Crippen molar-refractivity contribution < 1.29 is 0 Å². The third-order valence-electron chi connectivity index (χ3n) is 1.29. The molecule has 2 heteroatoms. The molecule has 1 aromatic rings. The second-order valence-electron chi connectivity index (χ2n) is 2.37. The molecular weight excluding hydrogens is 148 g/mol. The van der Waals surface area contributed by atoms with Crippen molar-refractivity contribution in [1.82, 2.24) is 0 Å². The molecule has 0 nitrogen and oxygen atoms in total. The molecule has 0 spiro atoms. The Morgan fingerprint density at radius 3 is 2.33 bits per heavy atom. The number of thiophene rings is 1. The van der Waals surface area contributed by atoms with E-state index in [1.165, 1.54) is 5.56 Å². The topological polar surface area (TPSA) is 0 Å². The van der Waals surface area contributed by atoms with Gasteiger partial charge in [0, 0.05) is 10.3 Å². The molecule has 0 aliphatic rings. The number of hydrogen-bond acceptors (Lipinski definition) is 2. The van der Waals surface area contributed by atoms with Crippen LogP contribution in [0.25, 0.3) is 0 Å². The van der Waals surface area contributed by atoms with Gasteiger partial charge in [0.2, 0.25) is 0 Å². The van der Waals surface area contributed by atoms with Crippen molar-refractivity contribution in [3.63, 3.8) is 0 Å². The molecular formula is C7H10S2. The van der Waals surface area contributed by atoms with Crippen LogP contribution in [0.5, 0.6) is 0 Å². The van der Waals surface area contributed by atoms with E-state index in [1.54, 1.807) is 11.3 Å². The molecule has 0 aromatic carbocycles. The van der Waals surface area contributed by atoms with E-state index in [2.05, 4.69) is 37.2 Å². The average molecular weight is 158 g/mol. The van der Waals surface area contributed by atoms with E-state index >= 15 is 0 Å². The molecule has 0 atom stereocenters. The zero-order valence-electron chi connectivity index (χ0n) is 5.59. The summed E-state index contributed by atoms with van der Waals surface area (Å²) in [6, 6.07) is 0. The minimum Gasteiger partial charge on any atom is -0.151 e. The van der Waals surface area contributed by atoms with Crippen LogP contribution in [0.3, 0.4) is 0 Å². The summed E-state index contributed by atoms with van der Waals surface area (Å²) in [7, 11) is 0. The SMILES string of the molecule is CC(C)c1cscc1S. The summed E-state index contributed by atoms with van der Waals surface area (Å²) in [6.07, 6.45) is 0. The summed E-state index contributed by atoms with van der Waals surface area (Å²) in [4.78, 5) is 1.13. The highest BCUT2D eigenvalue weighted by Crippen LogP contribution is 2.25. The van der Waals surface area contributed by atoms with Crippen molar-refractivity contribution in [1.29, 1.82) is 0 Å². The fraction of sp³-hybridized carbons (Fsp3) is 0.429. The highest BCUT2D eigenvalue weighted by Gasteiger charge is 2.02. The molecule has 0 aliphatic heterocycles. The van der Waals surface area contributed by atoms with E-state index in [-0.39, 0.29) is 0 Å². The van der Waals surface area contributed by atoms with Crippen molar-refractivity contribution in [2.75, 3.05) is 0 Å². The van der Waals surface area contributed by atoms with Gasteiger partial charge in [0.05, 0.1) is 0 Å².